The largest absolute Gasteiger partial charge is 0.444 e. The zero-order valence-corrected chi connectivity index (χ0v) is 29.2. The Kier molecular flexibility index (Phi) is 15.9. The number of nitrogens with zero attached hydrogens (tertiary/aromatic N) is 3. The van der Waals surface area contributed by atoms with Gasteiger partial charge in [0.1, 0.15) is 22.8 Å². The zero-order valence-electron chi connectivity index (χ0n) is 26.9. The monoisotopic (exact) mass is 724 g/mol. The molecule has 0 aliphatic rings. The van der Waals surface area contributed by atoms with Crippen molar-refractivity contribution in [2.24, 2.45) is 0 Å². The summed E-state index contributed by atoms with van der Waals surface area (Å²) >= 11 is 17.4. The summed E-state index contributed by atoms with van der Waals surface area (Å²) < 4.78 is 10.1. The third-order valence-corrected chi connectivity index (χ3v) is 6.39. The SMILES string of the molecule is CC(C)(C)OC(=O)NCc1c(Cl)cccc1[N+](=O)[O-].CC(C)(C)OC(=O)NCc1c(N)cccc1Cl.N#Cc1c(Cl)cccc1[N+](=O)[O-]. The molecule has 0 aliphatic carbocycles. The number of benzene rings is 3. The van der Waals surface area contributed by atoms with Crippen molar-refractivity contribution >= 4 is 64.1 Å². The molecule has 0 spiro atoms. The molecule has 3 aromatic rings. The number of hydrogen-bond donors (Lipinski definition) is 3. The van der Waals surface area contributed by atoms with Gasteiger partial charge < -0.3 is 25.8 Å². The molecule has 17 heteroatoms. The number of nitrogens with one attached hydrogen (secondary N) is 2. The smallest absolute Gasteiger partial charge is 0.407 e. The van der Waals surface area contributed by atoms with E-state index < -0.39 is 33.2 Å². The summed E-state index contributed by atoms with van der Waals surface area (Å²) in [6.45, 7) is 10.8. The van der Waals surface area contributed by atoms with Crippen LogP contribution in [0.25, 0.3) is 0 Å². The molecule has 0 radical (unpaired) electrons. The van der Waals surface area contributed by atoms with Crippen molar-refractivity contribution < 1.29 is 28.9 Å². The summed E-state index contributed by atoms with van der Waals surface area (Å²) in [6, 6.07) is 15.3. The standard InChI is InChI=1S/C12H15ClN2O4.C12H17ClN2O2.C7H3ClN2O2/c1-12(2,3)19-11(16)14-7-8-9(13)5-4-6-10(8)15(17)18;1-12(2,3)17-11(16)15-7-8-9(13)5-4-6-10(8)14;8-6-2-1-3-7(10(11)12)5(6)4-9/h4-6H,7H2,1-3H3,(H,14,16);4-6H,7,14H2,1-3H3,(H,15,16);1-3H. The molecule has 0 saturated heterocycles. The molecule has 0 fully saturated rings. The van der Waals surface area contributed by atoms with E-state index in [4.69, 9.17) is 55.3 Å². The number of nitriles is 1. The minimum Gasteiger partial charge on any atom is -0.444 e. The third-order valence-electron chi connectivity index (χ3n) is 5.36. The molecule has 14 nitrogen and oxygen atoms in total. The molecular formula is C31H35Cl3N6O8. The summed E-state index contributed by atoms with van der Waals surface area (Å²) in [6.07, 6.45) is -1.14. The number of alkyl carbamates (subject to hydrolysis) is 2. The molecule has 0 aromatic heterocycles. The van der Waals surface area contributed by atoms with E-state index in [0.717, 1.165) is 0 Å². The molecule has 0 saturated carbocycles. The quantitative estimate of drug-likeness (QED) is 0.125. The van der Waals surface area contributed by atoms with Crippen molar-refractivity contribution in [1.29, 1.82) is 5.26 Å². The van der Waals surface area contributed by atoms with Gasteiger partial charge in [-0.15, -0.1) is 0 Å². The van der Waals surface area contributed by atoms with Crippen molar-refractivity contribution in [3.05, 3.63) is 107 Å². The number of hydrogen-bond acceptors (Lipinski definition) is 10. The van der Waals surface area contributed by atoms with Crippen LogP contribution in [0, 0.1) is 31.6 Å². The van der Waals surface area contributed by atoms with E-state index in [0.29, 0.717) is 16.3 Å². The Hall–Kier alpha value is -4.84. The highest BCUT2D eigenvalue weighted by molar-refractivity contribution is 6.32. The molecular weight excluding hydrogens is 691 g/mol. The number of nitrogen functional groups attached to an aromatic ring is 1. The minimum atomic E-state index is -0.651. The highest BCUT2D eigenvalue weighted by Gasteiger charge is 2.20. The first kappa shape index (κ1) is 41.2. The molecule has 3 aromatic carbocycles. The lowest BCUT2D eigenvalue weighted by Crippen LogP contribution is -2.32. The normalized spacial score (nSPS) is 10.5. The van der Waals surface area contributed by atoms with E-state index in [2.05, 4.69) is 10.6 Å². The van der Waals surface area contributed by atoms with Gasteiger partial charge in [-0.2, -0.15) is 5.26 Å². The van der Waals surface area contributed by atoms with Gasteiger partial charge in [-0.05, 0) is 65.8 Å². The van der Waals surface area contributed by atoms with E-state index in [1.807, 2.05) is 0 Å². The molecule has 0 heterocycles. The van der Waals surface area contributed by atoms with Crippen LogP contribution in [0.3, 0.4) is 0 Å². The van der Waals surface area contributed by atoms with Crippen LogP contribution in [-0.4, -0.2) is 33.2 Å². The molecule has 4 N–H and O–H groups in total. The Morgan fingerprint density at radius 3 is 1.54 bits per heavy atom. The fourth-order valence-corrected chi connectivity index (χ4v) is 4.08. The number of nitro groups is 2. The highest BCUT2D eigenvalue weighted by Crippen LogP contribution is 2.27. The number of nitrogens with two attached hydrogens (primary N) is 1. The Bertz CT molecular complexity index is 1650. The second-order valence-corrected chi connectivity index (χ2v) is 12.7. The Morgan fingerprint density at radius 1 is 0.750 bits per heavy atom. The van der Waals surface area contributed by atoms with Crippen LogP contribution in [0.2, 0.25) is 15.1 Å². The van der Waals surface area contributed by atoms with Gasteiger partial charge in [-0.3, -0.25) is 20.2 Å². The number of carbonyl (C=O) groups excluding carboxylic acids is 2. The molecule has 0 aliphatic heterocycles. The van der Waals surface area contributed by atoms with Crippen LogP contribution >= 0.6 is 34.8 Å². The second-order valence-electron chi connectivity index (χ2n) is 11.5. The summed E-state index contributed by atoms with van der Waals surface area (Å²) in [7, 11) is 0. The van der Waals surface area contributed by atoms with Gasteiger partial charge in [0.25, 0.3) is 11.4 Å². The third kappa shape index (κ3) is 14.7. The van der Waals surface area contributed by atoms with Crippen molar-refractivity contribution in [3.8, 4) is 6.07 Å². The predicted molar refractivity (Wildman–Crippen MR) is 183 cm³/mol. The van der Waals surface area contributed by atoms with E-state index >= 15 is 0 Å². The van der Waals surface area contributed by atoms with Gasteiger partial charge in [0.2, 0.25) is 0 Å². The van der Waals surface area contributed by atoms with E-state index in [1.165, 1.54) is 36.4 Å². The van der Waals surface area contributed by atoms with Crippen LogP contribution in [0.15, 0.2) is 54.6 Å². The van der Waals surface area contributed by atoms with Gasteiger partial charge in [-0.25, -0.2) is 9.59 Å². The maximum Gasteiger partial charge on any atom is 0.407 e. The van der Waals surface area contributed by atoms with Crippen molar-refractivity contribution in [2.45, 2.75) is 65.8 Å². The molecule has 0 bridgehead atoms. The van der Waals surface area contributed by atoms with Gasteiger partial charge in [0.15, 0.2) is 0 Å². The van der Waals surface area contributed by atoms with Crippen molar-refractivity contribution in [2.75, 3.05) is 5.73 Å². The fraction of sp³-hybridized carbons (Fsp3) is 0.323. The van der Waals surface area contributed by atoms with Crippen LogP contribution < -0.4 is 16.4 Å². The van der Waals surface area contributed by atoms with Gasteiger partial charge in [0, 0.05) is 35.0 Å². The van der Waals surface area contributed by atoms with Crippen LogP contribution in [0.4, 0.5) is 26.7 Å². The number of amides is 2. The topological polar surface area (TPSA) is 213 Å². The number of ether oxygens (including phenoxy) is 2. The lowest BCUT2D eigenvalue weighted by Gasteiger charge is -2.20. The first-order valence-electron chi connectivity index (χ1n) is 13.9. The maximum absolute atomic E-state index is 11.5. The molecule has 258 valence electrons. The summed E-state index contributed by atoms with van der Waals surface area (Å²) in [5.41, 5.74) is 5.62. The highest BCUT2D eigenvalue weighted by atomic mass is 35.5. The van der Waals surface area contributed by atoms with Crippen molar-refractivity contribution in [1.82, 2.24) is 10.6 Å². The lowest BCUT2D eigenvalue weighted by molar-refractivity contribution is -0.385. The average molecular weight is 726 g/mol. The van der Waals surface area contributed by atoms with E-state index in [9.17, 15) is 29.8 Å². The molecule has 2 amide bonds. The Labute approximate surface area is 292 Å². The van der Waals surface area contributed by atoms with E-state index in [-0.39, 0.29) is 45.6 Å². The molecule has 0 unspecified atom stereocenters. The average Bonchev–Trinajstić information content (AvgIpc) is 2.94. The number of rotatable bonds is 6. The van der Waals surface area contributed by atoms with Gasteiger partial charge in [-0.1, -0.05) is 53.0 Å². The second kappa shape index (κ2) is 18.5. The van der Waals surface area contributed by atoms with Crippen LogP contribution in [0.5, 0.6) is 0 Å². The first-order valence-corrected chi connectivity index (χ1v) is 15.0. The molecule has 3 rings (SSSR count). The number of anilines is 1. The minimum absolute atomic E-state index is 0.0646. The number of halogens is 3. The molecule has 0 atom stereocenters. The summed E-state index contributed by atoms with van der Waals surface area (Å²) in [5.74, 6) is 0. The van der Waals surface area contributed by atoms with Gasteiger partial charge in [0.05, 0.1) is 32.0 Å². The zero-order chi connectivity index (χ0) is 36.8. The number of nitro benzene ring substituents is 2. The van der Waals surface area contributed by atoms with Gasteiger partial charge >= 0.3 is 12.2 Å². The van der Waals surface area contributed by atoms with E-state index in [1.54, 1.807) is 65.8 Å². The summed E-state index contributed by atoms with van der Waals surface area (Å²) in [4.78, 5) is 42.9. The number of carbonyl (C=O) groups is 2. The molecule has 48 heavy (non-hydrogen) atoms. The van der Waals surface area contributed by atoms with Crippen LogP contribution in [0.1, 0.15) is 58.2 Å². The summed E-state index contributed by atoms with van der Waals surface area (Å²) in [5, 5.41) is 35.6. The first-order chi connectivity index (χ1) is 22.2. The maximum atomic E-state index is 11.5. The van der Waals surface area contributed by atoms with Crippen molar-refractivity contribution in [3.63, 3.8) is 0 Å². The lowest BCUT2D eigenvalue weighted by atomic mass is 10.2. The Morgan fingerprint density at radius 2 is 1.15 bits per heavy atom. The van der Waals surface area contributed by atoms with Crippen LogP contribution in [-0.2, 0) is 22.6 Å². The fourth-order valence-electron chi connectivity index (χ4n) is 3.38. The Balaban J connectivity index is 0.000000369. The predicted octanol–water partition coefficient (Wildman–Crippen LogP) is 8.34.